The Hall–Kier alpha value is -9.69. The van der Waals surface area contributed by atoms with E-state index in [0.717, 1.165) is 117 Å². The number of methoxy groups -OCH3 is 4. The summed E-state index contributed by atoms with van der Waals surface area (Å²) in [6.45, 7) is 1.17. The lowest BCUT2D eigenvalue weighted by Gasteiger charge is -2.38. The molecule has 0 bridgehead atoms. The molecule has 2 heterocycles. The number of rotatable bonds is 35. The van der Waals surface area contributed by atoms with Gasteiger partial charge in [0.25, 0.3) is 0 Å². The van der Waals surface area contributed by atoms with Crippen LogP contribution in [-0.4, -0.2) is 148 Å². The predicted molar refractivity (Wildman–Crippen MR) is 396 cm³/mol. The fraction of sp³-hybridized carbons (Fsp3) is 0.376. The first-order valence-electron chi connectivity index (χ1n) is 36.0. The summed E-state index contributed by atoms with van der Waals surface area (Å²) < 4.78 is 41.5. The molecule has 0 radical (unpaired) electrons. The van der Waals surface area contributed by atoms with Crippen LogP contribution in [0.15, 0.2) is 206 Å². The molecule has 2 aliphatic heterocycles. The minimum atomic E-state index is -1.04. The van der Waals surface area contributed by atoms with Gasteiger partial charge >= 0.3 is 6.09 Å². The van der Waals surface area contributed by atoms with Gasteiger partial charge in [0.1, 0.15) is 46.6 Å². The first kappa shape index (κ1) is 76.0. The van der Waals surface area contributed by atoms with Crippen molar-refractivity contribution in [2.45, 2.75) is 131 Å². The summed E-state index contributed by atoms with van der Waals surface area (Å²) in [4.78, 5) is 67.1. The van der Waals surface area contributed by atoms with Crippen molar-refractivity contribution in [2.75, 3.05) is 74.4 Å². The number of ether oxygens (including phenoxy) is 7. The lowest BCUT2D eigenvalue weighted by atomic mass is 9.80. The van der Waals surface area contributed by atoms with Crippen LogP contribution >= 0.6 is 0 Å². The van der Waals surface area contributed by atoms with Gasteiger partial charge in [0.2, 0.25) is 11.8 Å². The molecule has 3 amide bonds. The maximum absolute atomic E-state index is 13.7. The third kappa shape index (κ3) is 19.1. The second-order valence-electron chi connectivity index (χ2n) is 26.6. The Kier molecular flexibility index (Phi) is 27.6. The number of aliphatic hydroxyl groups is 2. The molecule has 2 fully saturated rings. The number of ketones is 2. The molecule has 0 spiro atoms. The molecular formula is C85H98N4O14. The number of likely N-dealkylation sites (tertiary alicyclic amines) is 2. The van der Waals surface area contributed by atoms with Crippen LogP contribution in [0, 0.1) is 0 Å². The van der Waals surface area contributed by atoms with Crippen LogP contribution in [0.3, 0.4) is 0 Å². The fourth-order valence-corrected chi connectivity index (χ4v) is 14.5. The molecule has 11 rings (SSSR count). The SMILES string of the molecule is COc1ccc(C(OC[C@@H]2CC(O)CN2C(=O)CCCCCCC(=O)CN)(c2ccccc2)c2ccc(OC)cc2)cc1.COc1ccc(C(OC[C@@H]2CC(O)CN2C(=O)CCCCCCC(=O)CNC(=O)OCC2c3ccccc3-c3ccccc32)(c2ccccc2)c2ccc(OC)cc2)cc1. The van der Waals surface area contributed by atoms with E-state index in [1.54, 1.807) is 38.2 Å². The number of carbonyl (C=O) groups is 5. The zero-order valence-corrected chi connectivity index (χ0v) is 59.6. The van der Waals surface area contributed by atoms with Gasteiger partial charge in [-0.05, 0) is 143 Å². The van der Waals surface area contributed by atoms with Gasteiger partial charge in [0.15, 0.2) is 5.78 Å². The van der Waals surface area contributed by atoms with E-state index in [9.17, 15) is 34.2 Å². The topological polar surface area (TPSA) is 235 Å². The van der Waals surface area contributed by atoms with Crippen molar-refractivity contribution in [1.29, 1.82) is 0 Å². The number of unbranched alkanes of at least 4 members (excludes halogenated alkanes) is 6. The lowest BCUT2D eigenvalue weighted by molar-refractivity contribution is -0.135. The van der Waals surface area contributed by atoms with Crippen molar-refractivity contribution >= 4 is 29.5 Å². The van der Waals surface area contributed by atoms with Gasteiger partial charge in [-0.2, -0.15) is 0 Å². The Morgan fingerprint density at radius 1 is 0.417 bits per heavy atom. The summed E-state index contributed by atoms with van der Waals surface area (Å²) >= 11 is 0. The lowest BCUT2D eigenvalue weighted by Crippen LogP contribution is -2.42. The van der Waals surface area contributed by atoms with Gasteiger partial charge in [-0.25, -0.2) is 4.79 Å². The number of fused-ring (bicyclic) bond motifs is 3. The Balaban J connectivity index is 0.000000234. The molecule has 18 nitrogen and oxygen atoms in total. The summed E-state index contributed by atoms with van der Waals surface area (Å²) in [7, 11) is 6.54. The van der Waals surface area contributed by atoms with Crippen LogP contribution in [0.2, 0.25) is 0 Å². The highest BCUT2D eigenvalue weighted by molar-refractivity contribution is 5.84. The standard InChI is InChI=1S/C50H54N2O8.C35H44N2O6/c1-57-41-26-22-36(23-27-41)50(35-14-6-5-7-15-35,37-24-28-42(58-2)29-25-37)60-33-38-30-40(54)32-52(38)48(55)21-9-4-3-8-16-39(53)31-51-49(56)59-34-47-45-19-12-10-17-43(45)44-18-11-13-20-46(44)47;1-41-32-18-14-27(15-19-32)35(26-10-6-5-7-11-26,28-16-20-33(42-2)21-17-28)43-25-29-22-31(39)24-37(29)34(40)13-9-4-3-8-12-30(38)23-36/h5-7,10-15,17-20,22-29,38,40,47,54H,3-4,8-9,16,21,30-34H2,1-2H3,(H,51,56);5-7,10-11,14-21,29,31,39H,3-4,8-9,12-13,22-25,36H2,1-2H3/t38-,40?;29-,31?/m00/s1. The zero-order chi connectivity index (χ0) is 72.6. The van der Waals surface area contributed by atoms with Crippen molar-refractivity contribution in [2.24, 2.45) is 5.73 Å². The number of nitrogens with one attached hydrogen (secondary N) is 1. The fourth-order valence-electron chi connectivity index (χ4n) is 14.5. The Labute approximate surface area is 605 Å². The predicted octanol–water partition coefficient (Wildman–Crippen LogP) is 13.3. The third-order valence-electron chi connectivity index (χ3n) is 20.0. The number of aliphatic hydroxyl groups excluding tert-OH is 2. The highest BCUT2D eigenvalue weighted by Gasteiger charge is 2.44. The zero-order valence-electron chi connectivity index (χ0n) is 59.6. The van der Waals surface area contributed by atoms with Crippen LogP contribution in [0.25, 0.3) is 11.1 Å². The number of Topliss-reactive ketones (excluding diaryl/α,β-unsaturated/α-hetero) is 2. The maximum atomic E-state index is 13.7. The normalized spacial score (nSPS) is 16.2. The van der Waals surface area contributed by atoms with Crippen molar-refractivity contribution < 1.29 is 67.3 Å². The van der Waals surface area contributed by atoms with Gasteiger partial charge in [-0.15, -0.1) is 0 Å². The van der Waals surface area contributed by atoms with E-state index in [-0.39, 0.29) is 80.8 Å². The third-order valence-corrected chi connectivity index (χ3v) is 20.0. The summed E-state index contributed by atoms with van der Waals surface area (Å²) in [5, 5.41) is 24.0. The monoisotopic (exact) mass is 1400 g/mol. The molecular weight excluding hydrogens is 1300 g/mol. The van der Waals surface area contributed by atoms with Crippen molar-refractivity contribution in [3.8, 4) is 34.1 Å². The molecule has 4 atom stereocenters. The molecule has 2 saturated heterocycles. The number of nitrogens with two attached hydrogens (primary N) is 1. The van der Waals surface area contributed by atoms with Crippen LogP contribution in [0.4, 0.5) is 4.79 Å². The molecule has 8 aromatic carbocycles. The second kappa shape index (κ2) is 37.5. The maximum Gasteiger partial charge on any atom is 0.407 e. The molecule has 8 aromatic rings. The van der Waals surface area contributed by atoms with Crippen LogP contribution in [0.5, 0.6) is 23.0 Å². The minimum absolute atomic E-state index is 0.0161. The van der Waals surface area contributed by atoms with Gasteiger partial charge in [0, 0.05) is 44.7 Å². The Morgan fingerprint density at radius 2 is 0.748 bits per heavy atom. The van der Waals surface area contributed by atoms with Gasteiger partial charge < -0.3 is 64.2 Å². The van der Waals surface area contributed by atoms with E-state index in [0.29, 0.717) is 57.9 Å². The molecule has 5 N–H and O–H groups in total. The Morgan fingerprint density at radius 3 is 1.11 bits per heavy atom. The van der Waals surface area contributed by atoms with E-state index in [4.69, 9.17) is 38.9 Å². The van der Waals surface area contributed by atoms with E-state index in [2.05, 4.69) is 29.6 Å². The van der Waals surface area contributed by atoms with Gasteiger partial charge in [-0.1, -0.05) is 183 Å². The number of nitrogens with zero attached hydrogens (tertiary/aromatic N) is 2. The molecule has 18 heteroatoms. The van der Waals surface area contributed by atoms with E-state index >= 15 is 0 Å². The van der Waals surface area contributed by atoms with E-state index in [1.807, 2.05) is 182 Å². The number of β-amino-alcohol motifs (C(OH)–C–C–N with tert-alkyl or cyclic N) is 2. The highest BCUT2D eigenvalue weighted by atomic mass is 16.5. The minimum Gasteiger partial charge on any atom is -0.497 e. The first-order chi connectivity index (χ1) is 50.2. The smallest absolute Gasteiger partial charge is 0.407 e. The Bertz CT molecular complexity index is 3870. The van der Waals surface area contributed by atoms with Crippen molar-refractivity contribution in [1.82, 2.24) is 15.1 Å². The molecule has 0 saturated carbocycles. The highest BCUT2D eigenvalue weighted by Crippen LogP contribution is 2.47. The number of amides is 3. The summed E-state index contributed by atoms with van der Waals surface area (Å²) in [5.74, 6) is 2.87. The van der Waals surface area contributed by atoms with Crippen LogP contribution in [0.1, 0.15) is 140 Å². The second-order valence-corrected chi connectivity index (χ2v) is 26.6. The van der Waals surface area contributed by atoms with Crippen molar-refractivity contribution in [3.05, 3.63) is 251 Å². The van der Waals surface area contributed by atoms with Gasteiger partial charge in [-0.3, -0.25) is 19.2 Å². The molecule has 0 aromatic heterocycles. The summed E-state index contributed by atoms with van der Waals surface area (Å²) in [6, 6.07) is 67.1. The quantitative estimate of drug-likeness (QED) is 0.0214. The van der Waals surface area contributed by atoms with E-state index < -0.39 is 29.5 Å². The molecule has 103 heavy (non-hydrogen) atoms. The summed E-state index contributed by atoms with van der Waals surface area (Å²) in [6.07, 6.45) is 6.73. The molecule has 3 aliphatic rings. The number of hydrogen-bond donors (Lipinski definition) is 4. The average molecular weight is 1400 g/mol. The van der Waals surface area contributed by atoms with Crippen LogP contribution < -0.4 is 30.0 Å². The van der Waals surface area contributed by atoms with Gasteiger partial charge in [0.05, 0.1) is 79.0 Å². The average Bonchev–Trinajstić information content (AvgIpc) is 1.23. The number of benzene rings is 8. The number of carbonyl (C=O) groups excluding carboxylic acids is 5. The van der Waals surface area contributed by atoms with Crippen LogP contribution in [-0.2, 0) is 44.6 Å². The van der Waals surface area contributed by atoms with E-state index in [1.165, 1.54) is 0 Å². The molecule has 1 aliphatic carbocycles. The largest absolute Gasteiger partial charge is 0.497 e. The van der Waals surface area contributed by atoms with Crippen molar-refractivity contribution in [3.63, 3.8) is 0 Å². The number of hydrogen-bond acceptors (Lipinski definition) is 15. The summed E-state index contributed by atoms with van der Waals surface area (Å²) in [5.41, 5.74) is 13.4. The number of alkyl carbamates (subject to hydrolysis) is 1. The first-order valence-corrected chi connectivity index (χ1v) is 36.0. The molecule has 542 valence electrons. The molecule has 2 unspecified atom stereocenters.